The summed E-state index contributed by atoms with van der Waals surface area (Å²) in [6.07, 6.45) is 0. The van der Waals surface area contributed by atoms with Gasteiger partial charge in [-0.05, 0) is 24.4 Å². The van der Waals surface area contributed by atoms with Gasteiger partial charge in [0.25, 0.3) is 5.91 Å². The zero-order valence-electron chi connectivity index (χ0n) is 9.78. The van der Waals surface area contributed by atoms with Crippen LogP contribution in [0.1, 0.15) is 0 Å². The van der Waals surface area contributed by atoms with Crippen LogP contribution >= 0.6 is 24.0 Å². The Morgan fingerprint density at radius 3 is 2.68 bits per heavy atom. The van der Waals surface area contributed by atoms with Gasteiger partial charge in [0.05, 0.1) is 11.4 Å². The second kappa shape index (κ2) is 5.94. The number of hydrogen-bond acceptors (Lipinski definition) is 4. The molecule has 0 atom stereocenters. The highest BCUT2D eigenvalue weighted by atomic mass is 32.2. The number of rotatable bonds is 5. The molecule has 5 nitrogen and oxygen atoms in total. The van der Waals surface area contributed by atoms with Crippen LogP contribution in [0.2, 0.25) is 0 Å². The number of carbonyl (C=O) groups excluding carboxylic acids is 1. The Hall–Kier alpha value is -1.73. The zero-order chi connectivity index (χ0) is 13.8. The quantitative estimate of drug-likeness (QED) is 0.835. The first-order chi connectivity index (χ1) is 9.09. The fourth-order valence-electron chi connectivity index (χ4n) is 1.56. The molecule has 0 unspecified atom stereocenters. The average molecular weight is 294 g/mol. The Kier molecular flexibility index (Phi) is 4.28. The topological polar surface area (TPSA) is 70.0 Å². The first kappa shape index (κ1) is 13.7. The van der Waals surface area contributed by atoms with Gasteiger partial charge in [0.2, 0.25) is 5.11 Å². The lowest BCUT2D eigenvalue weighted by molar-refractivity contribution is -0.133. The predicted molar refractivity (Wildman–Crippen MR) is 78.9 cm³/mol. The molecule has 19 heavy (non-hydrogen) atoms. The van der Waals surface area contributed by atoms with Gasteiger partial charge in [-0.25, -0.2) is 4.99 Å². The Bertz CT molecular complexity index is 557. The molecule has 0 bridgehead atoms. The molecule has 7 heteroatoms. The van der Waals surface area contributed by atoms with Gasteiger partial charge in [-0.2, -0.15) is 0 Å². The molecule has 0 radical (unpaired) electrons. The van der Waals surface area contributed by atoms with E-state index in [1.165, 1.54) is 4.90 Å². The summed E-state index contributed by atoms with van der Waals surface area (Å²) in [6.45, 7) is 0. The van der Waals surface area contributed by atoms with E-state index >= 15 is 0 Å². The number of hydrogen-bond donors (Lipinski definition) is 1. The molecular weight excluding hydrogens is 284 g/mol. The third-order valence-electron chi connectivity index (χ3n) is 2.35. The molecule has 1 N–H and O–H groups in total. The summed E-state index contributed by atoms with van der Waals surface area (Å²) in [4.78, 5) is 27.9. The van der Waals surface area contributed by atoms with Crippen LogP contribution in [-0.2, 0) is 9.59 Å². The van der Waals surface area contributed by atoms with Crippen LogP contribution in [0.5, 0.6) is 0 Å². The van der Waals surface area contributed by atoms with Crippen molar-refractivity contribution in [2.75, 3.05) is 16.4 Å². The number of carbonyl (C=O) groups is 2. The number of para-hydroxylation sites is 1. The molecule has 1 amide bonds. The van der Waals surface area contributed by atoms with Gasteiger partial charge in [-0.1, -0.05) is 18.2 Å². The minimum Gasteiger partial charge on any atom is -0.481 e. The minimum absolute atomic E-state index is 0.0651. The lowest BCUT2D eigenvalue weighted by Crippen LogP contribution is -2.33. The summed E-state index contributed by atoms with van der Waals surface area (Å²) in [6, 6.07) is 9.00. The molecule has 1 heterocycles. The molecule has 0 aliphatic carbocycles. The first-order valence-corrected chi connectivity index (χ1v) is 6.96. The van der Waals surface area contributed by atoms with Crippen LogP contribution in [0.3, 0.4) is 0 Å². The highest BCUT2D eigenvalue weighted by molar-refractivity contribution is 8.00. The highest BCUT2D eigenvalue weighted by Crippen LogP contribution is 2.20. The van der Waals surface area contributed by atoms with E-state index in [1.54, 1.807) is 12.1 Å². The molecule has 1 aliphatic rings. The second-order valence-corrected chi connectivity index (χ2v) is 5.05. The third kappa shape index (κ3) is 3.18. The molecule has 2 rings (SSSR count). The number of amides is 1. The maximum absolute atomic E-state index is 12.1. The van der Waals surface area contributed by atoms with Crippen molar-refractivity contribution in [3.05, 3.63) is 30.3 Å². The van der Waals surface area contributed by atoms with Gasteiger partial charge < -0.3 is 5.11 Å². The number of nitrogens with zero attached hydrogens (tertiary/aromatic N) is 2. The van der Waals surface area contributed by atoms with E-state index in [1.807, 2.05) is 18.2 Å². The number of aliphatic imine (C=N–C) groups is 1. The largest absolute Gasteiger partial charge is 0.481 e. The Morgan fingerprint density at radius 1 is 1.37 bits per heavy atom. The van der Waals surface area contributed by atoms with Crippen molar-refractivity contribution >= 4 is 52.4 Å². The summed E-state index contributed by atoms with van der Waals surface area (Å²) >= 11 is 6.19. The summed E-state index contributed by atoms with van der Waals surface area (Å²) in [5, 5.41) is 8.75. The van der Waals surface area contributed by atoms with Crippen molar-refractivity contribution < 1.29 is 14.7 Å². The zero-order valence-corrected chi connectivity index (χ0v) is 11.4. The number of thiocarbonyl (C=S) groups is 1. The highest BCUT2D eigenvalue weighted by Gasteiger charge is 2.31. The van der Waals surface area contributed by atoms with Crippen LogP contribution in [0, 0.1) is 0 Å². The molecule has 1 aliphatic heterocycles. The van der Waals surface area contributed by atoms with Crippen LogP contribution in [0.15, 0.2) is 35.3 Å². The normalized spacial score (nSPS) is 14.7. The summed E-state index contributed by atoms with van der Waals surface area (Å²) < 4.78 is 0. The predicted octanol–water partition coefficient (Wildman–Crippen LogP) is 1.58. The number of benzene rings is 1. The van der Waals surface area contributed by atoms with Gasteiger partial charge >= 0.3 is 5.97 Å². The summed E-state index contributed by atoms with van der Waals surface area (Å²) in [5.41, 5.74) is 0.958. The number of carboxylic acids is 1. The molecule has 0 spiro atoms. The van der Waals surface area contributed by atoms with Crippen molar-refractivity contribution in [2.45, 2.75) is 0 Å². The molecule has 1 aromatic rings. The fourth-order valence-corrected chi connectivity index (χ4v) is 2.52. The fraction of sp³-hybridized carbons (Fsp3) is 0.167. The molecule has 0 saturated heterocycles. The standard InChI is InChI=1S/C12H10N2O3S2/c15-10(16)7-19-6-9-11(17)14(12(18)13-9)8-4-2-1-3-5-8/h1-5H,6-7H2,(H,15,16). The smallest absolute Gasteiger partial charge is 0.313 e. The van der Waals surface area contributed by atoms with E-state index in [9.17, 15) is 9.59 Å². The summed E-state index contributed by atoms with van der Waals surface area (Å²) in [7, 11) is 0. The van der Waals surface area contributed by atoms with E-state index in [4.69, 9.17) is 17.3 Å². The molecule has 0 saturated carbocycles. The van der Waals surface area contributed by atoms with Gasteiger partial charge in [0.15, 0.2) is 0 Å². The van der Waals surface area contributed by atoms with Gasteiger partial charge in [-0.15, -0.1) is 11.8 Å². The van der Waals surface area contributed by atoms with Crippen LogP contribution in [-0.4, -0.2) is 39.3 Å². The van der Waals surface area contributed by atoms with Gasteiger partial charge in [-0.3, -0.25) is 14.5 Å². The van der Waals surface area contributed by atoms with Gasteiger partial charge in [0.1, 0.15) is 5.71 Å². The van der Waals surface area contributed by atoms with E-state index in [-0.39, 0.29) is 22.5 Å². The Balaban J connectivity index is 2.07. The van der Waals surface area contributed by atoms with Crippen molar-refractivity contribution in [2.24, 2.45) is 4.99 Å². The lowest BCUT2D eigenvalue weighted by atomic mass is 10.3. The van der Waals surface area contributed by atoms with E-state index in [0.717, 1.165) is 11.8 Å². The molecule has 98 valence electrons. The van der Waals surface area contributed by atoms with Crippen molar-refractivity contribution in [1.29, 1.82) is 0 Å². The molecule has 0 fully saturated rings. The average Bonchev–Trinajstić information content (AvgIpc) is 2.65. The monoisotopic (exact) mass is 294 g/mol. The second-order valence-electron chi connectivity index (χ2n) is 3.70. The maximum atomic E-state index is 12.1. The number of carboxylic acid groups (broad SMARTS) is 1. The number of aliphatic carboxylic acids is 1. The van der Waals surface area contributed by atoms with Crippen molar-refractivity contribution in [1.82, 2.24) is 0 Å². The third-order valence-corrected chi connectivity index (χ3v) is 3.55. The maximum Gasteiger partial charge on any atom is 0.313 e. The Labute approximate surface area is 119 Å². The van der Waals surface area contributed by atoms with Crippen LogP contribution in [0.25, 0.3) is 0 Å². The SMILES string of the molecule is O=C(O)CSCC1=NC(=S)N(c2ccccc2)C1=O. The Morgan fingerprint density at radius 2 is 2.05 bits per heavy atom. The first-order valence-electron chi connectivity index (χ1n) is 5.40. The minimum atomic E-state index is -0.918. The van der Waals surface area contributed by atoms with E-state index in [2.05, 4.69) is 4.99 Å². The van der Waals surface area contributed by atoms with E-state index < -0.39 is 5.97 Å². The number of anilines is 1. The summed E-state index contributed by atoms with van der Waals surface area (Å²) in [5.74, 6) is -1.02. The van der Waals surface area contributed by atoms with E-state index in [0.29, 0.717) is 11.4 Å². The van der Waals surface area contributed by atoms with Crippen molar-refractivity contribution in [3.8, 4) is 0 Å². The molecular formula is C12H10N2O3S2. The van der Waals surface area contributed by atoms with Gasteiger partial charge in [0, 0.05) is 5.75 Å². The molecule has 1 aromatic carbocycles. The van der Waals surface area contributed by atoms with Crippen molar-refractivity contribution in [3.63, 3.8) is 0 Å². The van der Waals surface area contributed by atoms with Crippen LogP contribution < -0.4 is 4.90 Å². The number of thioether (sulfide) groups is 1. The molecule has 0 aromatic heterocycles. The lowest BCUT2D eigenvalue weighted by Gasteiger charge is -2.14. The van der Waals surface area contributed by atoms with Crippen LogP contribution in [0.4, 0.5) is 5.69 Å².